The van der Waals surface area contributed by atoms with Crippen LogP contribution in [0.2, 0.25) is 0 Å². The highest BCUT2D eigenvalue weighted by molar-refractivity contribution is 6.10. The molecule has 1 atom stereocenters. The van der Waals surface area contributed by atoms with Crippen LogP contribution in [0.15, 0.2) is 69.9 Å². The second kappa shape index (κ2) is 9.11. The minimum atomic E-state index is -0.658. The molecule has 1 aromatic heterocycles. The van der Waals surface area contributed by atoms with E-state index in [4.69, 9.17) is 9.15 Å². The molecule has 3 aromatic carbocycles. The Morgan fingerprint density at radius 3 is 2.25 bits per heavy atom. The Morgan fingerprint density at radius 2 is 1.61 bits per heavy atom. The largest absolute Gasteiger partial charge is 0.462 e. The van der Waals surface area contributed by atoms with Gasteiger partial charge in [0.05, 0.1) is 29.2 Å². The Kier molecular flexibility index (Phi) is 5.96. The van der Waals surface area contributed by atoms with E-state index >= 15 is 0 Å². The highest BCUT2D eigenvalue weighted by Crippen LogP contribution is 2.41. The number of hydrogen-bond donors (Lipinski definition) is 0. The highest BCUT2D eigenvalue weighted by atomic mass is 16.5. The van der Waals surface area contributed by atoms with Crippen molar-refractivity contribution in [2.75, 3.05) is 11.5 Å². The predicted octanol–water partition coefficient (Wildman–Crippen LogP) is 5.90. The average molecular weight is 482 g/mol. The zero-order valence-corrected chi connectivity index (χ0v) is 20.8. The van der Waals surface area contributed by atoms with E-state index in [1.165, 1.54) is 0 Å². The number of aryl methyl sites for hydroxylation is 3. The molecule has 1 unspecified atom stereocenters. The molecular formula is C30H27NO5. The molecule has 0 saturated carbocycles. The molecule has 5 rings (SSSR count). The summed E-state index contributed by atoms with van der Waals surface area (Å²) in [6, 6.07) is 17.5. The van der Waals surface area contributed by atoms with Gasteiger partial charge in [0.15, 0.2) is 5.43 Å². The number of benzene rings is 3. The van der Waals surface area contributed by atoms with E-state index in [0.29, 0.717) is 27.8 Å². The molecule has 36 heavy (non-hydrogen) atoms. The Hall–Kier alpha value is -4.19. The van der Waals surface area contributed by atoms with Crippen LogP contribution in [0.5, 0.6) is 0 Å². The summed E-state index contributed by atoms with van der Waals surface area (Å²) in [4.78, 5) is 41.3. The maximum Gasteiger partial charge on any atom is 0.338 e. The number of carbonyl (C=O) groups excluding carboxylic acids is 2. The van der Waals surface area contributed by atoms with Gasteiger partial charge < -0.3 is 9.15 Å². The van der Waals surface area contributed by atoms with Gasteiger partial charge in [-0.05, 0) is 85.8 Å². The first-order valence-electron chi connectivity index (χ1n) is 12.1. The van der Waals surface area contributed by atoms with Crippen LogP contribution in [0.25, 0.3) is 11.0 Å². The van der Waals surface area contributed by atoms with Gasteiger partial charge in [-0.25, -0.2) is 4.79 Å². The molecule has 2 heterocycles. The molecule has 0 aliphatic carbocycles. The van der Waals surface area contributed by atoms with Gasteiger partial charge in [0, 0.05) is 5.69 Å². The number of rotatable bonds is 5. The second-order valence-electron chi connectivity index (χ2n) is 9.05. The molecule has 182 valence electrons. The summed E-state index contributed by atoms with van der Waals surface area (Å²) in [5.41, 5.74) is 5.39. The van der Waals surface area contributed by atoms with Crippen LogP contribution in [0.3, 0.4) is 0 Å². The average Bonchev–Trinajstić information content (AvgIpc) is 3.18. The standard InChI is InChI=1S/C30H27NO5/c1-5-19-7-9-20(10-8-19)26-25-27(32)23-15-17(3)18(4)16-24(23)36-28(25)29(33)31(26)22-13-11-21(12-14-22)30(34)35-6-2/h7-16,26H,5-6H2,1-4H3. The summed E-state index contributed by atoms with van der Waals surface area (Å²) in [6.07, 6.45) is 0.880. The first kappa shape index (κ1) is 23.5. The van der Waals surface area contributed by atoms with Crippen LogP contribution >= 0.6 is 0 Å². The molecule has 6 nitrogen and oxygen atoms in total. The fourth-order valence-corrected chi connectivity index (χ4v) is 4.72. The van der Waals surface area contributed by atoms with Gasteiger partial charge in [0.25, 0.3) is 5.91 Å². The third-order valence-electron chi connectivity index (χ3n) is 6.85. The molecule has 0 bridgehead atoms. The third-order valence-corrected chi connectivity index (χ3v) is 6.85. The molecule has 0 saturated heterocycles. The fourth-order valence-electron chi connectivity index (χ4n) is 4.72. The van der Waals surface area contributed by atoms with Gasteiger partial charge in [0.2, 0.25) is 5.76 Å². The maximum atomic E-state index is 13.8. The summed E-state index contributed by atoms with van der Waals surface area (Å²) < 4.78 is 11.2. The van der Waals surface area contributed by atoms with Crippen molar-refractivity contribution >= 4 is 28.5 Å². The minimum absolute atomic E-state index is 0.0507. The van der Waals surface area contributed by atoms with E-state index in [-0.39, 0.29) is 17.8 Å². The van der Waals surface area contributed by atoms with E-state index in [2.05, 4.69) is 6.92 Å². The van der Waals surface area contributed by atoms with Crippen molar-refractivity contribution in [3.8, 4) is 0 Å². The van der Waals surface area contributed by atoms with E-state index in [1.54, 1.807) is 36.1 Å². The van der Waals surface area contributed by atoms with Crippen molar-refractivity contribution in [3.63, 3.8) is 0 Å². The lowest BCUT2D eigenvalue weighted by molar-refractivity contribution is 0.0526. The SMILES string of the molecule is CCOC(=O)c1ccc(N2C(=O)c3oc4cc(C)c(C)cc4c(=O)c3C2c2ccc(CC)cc2)cc1. The van der Waals surface area contributed by atoms with Gasteiger partial charge in [0.1, 0.15) is 5.58 Å². The summed E-state index contributed by atoms with van der Waals surface area (Å²) in [5, 5.41) is 0.458. The van der Waals surface area contributed by atoms with Crippen molar-refractivity contribution in [3.05, 3.63) is 110 Å². The van der Waals surface area contributed by atoms with Crippen molar-refractivity contribution in [1.82, 2.24) is 0 Å². The number of ether oxygens (including phenoxy) is 1. The Morgan fingerprint density at radius 1 is 0.944 bits per heavy atom. The van der Waals surface area contributed by atoms with Crippen molar-refractivity contribution in [1.29, 1.82) is 0 Å². The third kappa shape index (κ3) is 3.79. The van der Waals surface area contributed by atoms with Gasteiger partial charge in [-0.1, -0.05) is 31.2 Å². The lowest BCUT2D eigenvalue weighted by atomic mass is 9.96. The number of nitrogens with zero attached hydrogens (tertiary/aromatic N) is 1. The monoisotopic (exact) mass is 481 g/mol. The first-order valence-corrected chi connectivity index (χ1v) is 12.1. The fraction of sp³-hybridized carbons (Fsp3) is 0.233. The van der Waals surface area contributed by atoms with Crippen molar-refractivity contribution in [2.45, 2.75) is 40.2 Å². The highest BCUT2D eigenvalue weighted by Gasteiger charge is 2.43. The number of carbonyl (C=O) groups is 2. The molecule has 0 radical (unpaired) electrons. The van der Waals surface area contributed by atoms with Gasteiger partial charge >= 0.3 is 5.97 Å². The van der Waals surface area contributed by atoms with Crippen LogP contribution in [0.4, 0.5) is 5.69 Å². The number of hydrogen-bond acceptors (Lipinski definition) is 5. The topological polar surface area (TPSA) is 76.8 Å². The molecule has 6 heteroatoms. The smallest absolute Gasteiger partial charge is 0.338 e. The quantitative estimate of drug-likeness (QED) is 0.332. The lowest BCUT2D eigenvalue weighted by Crippen LogP contribution is -2.29. The maximum absolute atomic E-state index is 13.8. The Bertz CT molecular complexity index is 1550. The summed E-state index contributed by atoms with van der Waals surface area (Å²) in [5.74, 6) is -0.772. The molecule has 0 fully saturated rings. The normalized spacial score (nSPS) is 14.8. The van der Waals surface area contributed by atoms with Crippen molar-refractivity contribution in [2.24, 2.45) is 0 Å². The van der Waals surface area contributed by atoms with E-state index in [0.717, 1.165) is 28.7 Å². The number of fused-ring (bicyclic) bond motifs is 2. The van der Waals surface area contributed by atoms with E-state index in [9.17, 15) is 14.4 Å². The molecule has 1 aliphatic rings. The minimum Gasteiger partial charge on any atom is -0.462 e. The molecule has 0 N–H and O–H groups in total. The van der Waals surface area contributed by atoms with Gasteiger partial charge in [-0.2, -0.15) is 0 Å². The molecule has 4 aromatic rings. The summed E-state index contributed by atoms with van der Waals surface area (Å²) in [6.45, 7) is 7.99. The van der Waals surface area contributed by atoms with Crippen LogP contribution < -0.4 is 10.3 Å². The van der Waals surface area contributed by atoms with Crippen LogP contribution in [-0.2, 0) is 11.2 Å². The first-order chi connectivity index (χ1) is 17.3. The zero-order valence-electron chi connectivity index (χ0n) is 20.8. The molecule has 0 spiro atoms. The zero-order chi connectivity index (χ0) is 25.6. The van der Waals surface area contributed by atoms with Crippen LogP contribution in [0, 0.1) is 13.8 Å². The summed E-state index contributed by atoms with van der Waals surface area (Å²) >= 11 is 0. The van der Waals surface area contributed by atoms with Gasteiger partial charge in [-0.3, -0.25) is 14.5 Å². The lowest BCUT2D eigenvalue weighted by Gasteiger charge is -2.25. The molecule has 1 amide bonds. The van der Waals surface area contributed by atoms with Crippen molar-refractivity contribution < 1.29 is 18.7 Å². The Balaban J connectivity index is 1.71. The second-order valence-corrected chi connectivity index (χ2v) is 9.05. The molecular weight excluding hydrogens is 454 g/mol. The van der Waals surface area contributed by atoms with Crippen LogP contribution in [0.1, 0.15) is 68.6 Å². The number of amides is 1. The Labute approximate surface area is 209 Å². The van der Waals surface area contributed by atoms with E-state index < -0.39 is 17.9 Å². The van der Waals surface area contributed by atoms with E-state index in [1.807, 2.05) is 50.2 Å². The summed E-state index contributed by atoms with van der Waals surface area (Å²) in [7, 11) is 0. The number of esters is 1. The van der Waals surface area contributed by atoms with Crippen LogP contribution in [-0.4, -0.2) is 18.5 Å². The van der Waals surface area contributed by atoms with Gasteiger partial charge in [-0.15, -0.1) is 0 Å². The molecule has 1 aliphatic heterocycles. The number of anilines is 1. The predicted molar refractivity (Wildman–Crippen MR) is 139 cm³/mol.